The lowest BCUT2D eigenvalue weighted by Gasteiger charge is -2.09. The number of hydrogen-bond acceptors (Lipinski definition) is 1. The van der Waals surface area contributed by atoms with Crippen LogP contribution >= 0.6 is 11.3 Å². The van der Waals surface area contributed by atoms with E-state index in [1.54, 1.807) is 0 Å². The van der Waals surface area contributed by atoms with Gasteiger partial charge in [0.2, 0.25) is 0 Å². The number of aromatic nitrogens is 1. The zero-order valence-electron chi connectivity index (χ0n) is 20.6. The lowest BCUT2D eigenvalue weighted by atomic mass is 9.95. The van der Waals surface area contributed by atoms with Crippen molar-refractivity contribution < 1.29 is 0 Å². The summed E-state index contributed by atoms with van der Waals surface area (Å²) in [5.41, 5.74) is 9.80. The number of thiophene rings is 1. The molecule has 0 saturated carbocycles. The fourth-order valence-electron chi connectivity index (χ4n) is 5.78. The summed E-state index contributed by atoms with van der Waals surface area (Å²) < 4.78 is 2.69. The third-order valence-electron chi connectivity index (χ3n) is 7.61. The van der Waals surface area contributed by atoms with Gasteiger partial charge in [-0.3, -0.25) is 0 Å². The second kappa shape index (κ2) is 8.44. The largest absolute Gasteiger partial charge is 0.354 e. The van der Waals surface area contributed by atoms with Gasteiger partial charge >= 0.3 is 0 Å². The number of benzene rings is 6. The molecule has 0 unspecified atom stereocenters. The van der Waals surface area contributed by atoms with E-state index in [9.17, 15) is 0 Å². The number of fused-ring (bicyclic) bond motifs is 6. The highest BCUT2D eigenvalue weighted by Crippen LogP contribution is 2.42. The molecule has 38 heavy (non-hydrogen) atoms. The van der Waals surface area contributed by atoms with Crippen LogP contribution in [0.1, 0.15) is 0 Å². The SMILES string of the molecule is c1ccc(-c2cc(-c3ccccc3)c3[nH]c4ccc(-c5cccc6c5sc5ccccc56)cc4c3c2)cc1. The Kier molecular flexibility index (Phi) is 4.76. The lowest BCUT2D eigenvalue weighted by molar-refractivity contribution is 1.53. The highest BCUT2D eigenvalue weighted by atomic mass is 32.1. The molecule has 0 aliphatic rings. The van der Waals surface area contributed by atoms with Crippen molar-refractivity contribution in [1.29, 1.82) is 0 Å². The Morgan fingerprint density at radius 3 is 1.97 bits per heavy atom. The van der Waals surface area contributed by atoms with Crippen LogP contribution in [-0.2, 0) is 0 Å². The molecule has 0 atom stereocenters. The number of aromatic amines is 1. The Morgan fingerprint density at radius 1 is 0.421 bits per heavy atom. The maximum absolute atomic E-state index is 3.76. The Balaban J connectivity index is 1.41. The van der Waals surface area contributed by atoms with Crippen LogP contribution in [0.4, 0.5) is 0 Å². The molecular weight excluding hydrogens is 478 g/mol. The molecule has 8 aromatic rings. The third-order valence-corrected chi connectivity index (χ3v) is 8.83. The first kappa shape index (κ1) is 21.4. The van der Waals surface area contributed by atoms with E-state index in [0.717, 1.165) is 5.52 Å². The molecule has 178 valence electrons. The first-order valence-electron chi connectivity index (χ1n) is 12.9. The van der Waals surface area contributed by atoms with Crippen molar-refractivity contribution in [1.82, 2.24) is 4.98 Å². The van der Waals surface area contributed by atoms with Crippen LogP contribution in [0, 0.1) is 0 Å². The topological polar surface area (TPSA) is 15.8 Å². The van der Waals surface area contributed by atoms with E-state index in [2.05, 4.69) is 138 Å². The molecule has 0 fully saturated rings. The van der Waals surface area contributed by atoms with E-state index >= 15 is 0 Å². The van der Waals surface area contributed by atoms with Gasteiger partial charge in [0.05, 0.1) is 5.52 Å². The van der Waals surface area contributed by atoms with Crippen LogP contribution in [0.3, 0.4) is 0 Å². The summed E-state index contributed by atoms with van der Waals surface area (Å²) in [7, 11) is 0. The van der Waals surface area contributed by atoms with Crippen LogP contribution in [0.25, 0.3) is 75.4 Å². The first-order valence-corrected chi connectivity index (χ1v) is 13.8. The van der Waals surface area contributed by atoms with E-state index < -0.39 is 0 Å². The summed E-state index contributed by atoms with van der Waals surface area (Å²) in [5, 5.41) is 5.18. The molecule has 2 heterocycles. The molecule has 0 amide bonds. The molecule has 2 heteroatoms. The number of nitrogens with one attached hydrogen (secondary N) is 1. The fraction of sp³-hybridized carbons (Fsp3) is 0. The third kappa shape index (κ3) is 3.31. The normalized spacial score (nSPS) is 11.7. The Bertz CT molecular complexity index is 2110. The lowest BCUT2D eigenvalue weighted by Crippen LogP contribution is -1.84. The molecule has 0 aliphatic carbocycles. The molecular formula is C36H23NS. The Labute approximate surface area is 224 Å². The van der Waals surface area contributed by atoms with Gasteiger partial charge in [-0.15, -0.1) is 11.3 Å². The monoisotopic (exact) mass is 501 g/mol. The average molecular weight is 502 g/mol. The second-order valence-electron chi connectivity index (χ2n) is 9.84. The van der Waals surface area contributed by atoms with E-state index in [0.29, 0.717) is 0 Å². The van der Waals surface area contributed by atoms with E-state index in [-0.39, 0.29) is 0 Å². The maximum Gasteiger partial charge on any atom is 0.0544 e. The van der Waals surface area contributed by atoms with Crippen LogP contribution in [-0.4, -0.2) is 4.98 Å². The van der Waals surface area contributed by atoms with Gasteiger partial charge in [0.25, 0.3) is 0 Å². The van der Waals surface area contributed by atoms with Crippen LogP contribution in [0.5, 0.6) is 0 Å². The quantitative estimate of drug-likeness (QED) is 0.248. The minimum Gasteiger partial charge on any atom is -0.354 e. The average Bonchev–Trinajstić information content (AvgIpc) is 3.55. The number of hydrogen-bond donors (Lipinski definition) is 1. The van der Waals surface area contributed by atoms with Gasteiger partial charge in [-0.25, -0.2) is 0 Å². The van der Waals surface area contributed by atoms with E-state index in [1.165, 1.54) is 69.8 Å². The highest BCUT2D eigenvalue weighted by Gasteiger charge is 2.15. The standard InChI is InChI=1S/C36H23NS/c1-3-10-23(11-4-1)26-21-30(24-12-5-2-6-13-24)35-32(22-26)31-20-25(18-19-33(31)37-35)27-15-9-16-29-28-14-7-8-17-34(28)38-36(27)29/h1-22,37H. The van der Waals surface area contributed by atoms with Gasteiger partial charge in [0.1, 0.15) is 0 Å². The van der Waals surface area contributed by atoms with E-state index in [4.69, 9.17) is 0 Å². The van der Waals surface area contributed by atoms with Gasteiger partial charge < -0.3 is 4.98 Å². The van der Waals surface area contributed by atoms with Gasteiger partial charge in [0.15, 0.2) is 0 Å². The van der Waals surface area contributed by atoms with Crippen molar-refractivity contribution >= 4 is 53.3 Å². The summed E-state index contributed by atoms with van der Waals surface area (Å²) in [6, 6.07) is 48.4. The molecule has 0 aliphatic heterocycles. The molecule has 8 rings (SSSR count). The summed E-state index contributed by atoms with van der Waals surface area (Å²) >= 11 is 1.89. The predicted octanol–water partition coefficient (Wildman–Crippen LogP) is 10.7. The zero-order chi connectivity index (χ0) is 25.1. The van der Waals surface area contributed by atoms with Crippen LogP contribution in [0.15, 0.2) is 133 Å². The smallest absolute Gasteiger partial charge is 0.0544 e. The predicted molar refractivity (Wildman–Crippen MR) is 165 cm³/mol. The van der Waals surface area contributed by atoms with E-state index in [1.807, 2.05) is 11.3 Å². The Hall–Kier alpha value is -4.66. The number of H-pyrrole nitrogens is 1. The molecule has 0 saturated heterocycles. The van der Waals surface area contributed by atoms with Crippen molar-refractivity contribution in [2.45, 2.75) is 0 Å². The van der Waals surface area contributed by atoms with Crippen molar-refractivity contribution in [2.75, 3.05) is 0 Å². The second-order valence-corrected chi connectivity index (χ2v) is 10.9. The van der Waals surface area contributed by atoms with Gasteiger partial charge in [-0.1, -0.05) is 103 Å². The van der Waals surface area contributed by atoms with Crippen molar-refractivity contribution in [2.24, 2.45) is 0 Å². The molecule has 0 bridgehead atoms. The van der Waals surface area contributed by atoms with Crippen molar-refractivity contribution in [3.05, 3.63) is 133 Å². The minimum atomic E-state index is 1.16. The minimum absolute atomic E-state index is 1.16. The first-order chi connectivity index (χ1) is 18.8. The molecule has 6 aromatic carbocycles. The molecule has 1 N–H and O–H groups in total. The molecule has 0 radical (unpaired) electrons. The van der Waals surface area contributed by atoms with Gasteiger partial charge in [-0.2, -0.15) is 0 Å². The molecule has 2 aromatic heterocycles. The van der Waals surface area contributed by atoms with Gasteiger partial charge in [0, 0.05) is 42.0 Å². The number of rotatable bonds is 3. The zero-order valence-corrected chi connectivity index (χ0v) is 21.4. The fourth-order valence-corrected chi connectivity index (χ4v) is 7.02. The van der Waals surface area contributed by atoms with Crippen molar-refractivity contribution in [3.63, 3.8) is 0 Å². The van der Waals surface area contributed by atoms with Gasteiger partial charge in [-0.05, 0) is 58.1 Å². The van der Waals surface area contributed by atoms with Crippen LogP contribution < -0.4 is 0 Å². The highest BCUT2D eigenvalue weighted by molar-refractivity contribution is 7.26. The molecule has 0 spiro atoms. The summed E-state index contributed by atoms with van der Waals surface area (Å²) in [5.74, 6) is 0. The summed E-state index contributed by atoms with van der Waals surface area (Å²) in [6.07, 6.45) is 0. The van der Waals surface area contributed by atoms with Crippen molar-refractivity contribution in [3.8, 4) is 33.4 Å². The van der Waals surface area contributed by atoms with Crippen LogP contribution in [0.2, 0.25) is 0 Å². The maximum atomic E-state index is 3.76. The summed E-state index contributed by atoms with van der Waals surface area (Å²) in [4.78, 5) is 3.76. The summed E-state index contributed by atoms with van der Waals surface area (Å²) in [6.45, 7) is 0. The molecule has 1 nitrogen and oxygen atoms in total. The Morgan fingerprint density at radius 2 is 1.13 bits per heavy atom.